The molecule has 0 aliphatic heterocycles. The minimum atomic E-state index is -5.27. The number of ether oxygens (including phenoxy) is 1. The van der Waals surface area contributed by atoms with Gasteiger partial charge in [-0.3, -0.25) is 5.32 Å². The SMILES string of the molecule is CC(C)(C)OC(=O)Nc1cc(C(F)(F)F)c(C(F)(F)F)cc1N. The van der Waals surface area contributed by atoms with Crippen molar-refractivity contribution in [3.63, 3.8) is 0 Å². The molecule has 4 nitrogen and oxygen atoms in total. The number of carbonyl (C=O) groups excluding carboxylic acids is 1. The van der Waals surface area contributed by atoms with E-state index in [9.17, 15) is 31.1 Å². The molecule has 0 heterocycles. The number of hydrogen-bond donors (Lipinski definition) is 2. The maximum absolute atomic E-state index is 12.8. The van der Waals surface area contributed by atoms with Crippen LogP contribution in [0.15, 0.2) is 12.1 Å². The second kappa shape index (κ2) is 5.82. The van der Waals surface area contributed by atoms with E-state index < -0.39 is 46.5 Å². The number of nitrogen functional groups attached to an aromatic ring is 1. The van der Waals surface area contributed by atoms with E-state index in [1.54, 1.807) is 0 Å². The Kier molecular flexibility index (Phi) is 4.79. The van der Waals surface area contributed by atoms with Gasteiger partial charge in [0.25, 0.3) is 0 Å². The Morgan fingerprint density at radius 3 is 1.83 bits per heavy atom. The summed E-state index contributed by atoms with van der Waals surface area (Å²) >= 11 is 0. The van der Waals surface area contributed by atoms with Crippen molar-refractivity contribution in [2.45, 2.75) is 38.7 Å². The maximum Gasteiger partial charge on any atom is 0.417 e. The monoisotopic (exact) mass is 344 g/mol. The molecule has 0 saturated carbocycles. The molecule has 0 unspecified atom stereocenters. The number of nitrogens with one attached hydrogen (secondary N) is 1. The first-order valence-corrected chi connectivity index (χ1v) is 6.19. The Morgan fingerprint density at radius 1 is 1.00 bits per heavy atom. The van der Waals surface area contributed by atoms with Gasteiger partial charge in [-0.2, -0.15) is 26.3 Å². The van der Waals surface area contributed by atoms with Gasteiger partial charge in [0, 0.05) is 0 Å². The molecule has 3 N–H and O–H groups in total. The topological polar surface area (TPSA) is 64.3 Å². The van der Waals surface area contributed by atoms with E-state index in [0.717, 1.165) is 0 Å². The molecule has 1 rings (SSSR count). The van der Waals surface area contributed by atoms with E-state index >= 15 is 0 Å². The third kappa shape index (κ3) is 5.22. The van der Waals surface area contributed by atoms with Crippen LogP contribution >= 0.6 is 0 Å². The van der Waals surface area contributed by atoms with E-state index in [-0.39, 0.29) is 12.1 Å². The summed E-state index contributed by atoms with van der Waals surface area (Å²) in [6.45, 7) is 4.51. The summed E-state index contributed by atoms with van der Waals surface area (Å²) in [5.74, 6) is 0. The van der Waals surface area contributed by atoms with Crippen LogP contribution in [0.1, 0.15) is 31.9 Å². The lowest BCUT2D eigenvalue weighted by molar-refractivity contribution is -0.162. The van der Waals surface area contributed by atoms with E-state index in [1.807, 2.05) is 5.32 Å². The fraction of sp³-hybridized carbons (Fsp3) is 0.462. The van der Waals surface area contributed by atoms with Crippen molar-refractivity contribution in [3.05, 3.63) is 23.3 Å². The molecule has 0 aliphatic rings. The van der Waals surface area contributed by atoms with Crippen LogP contribution in [-0.2, 0) is 17.1 Å². The zero-order valence-corrected chi connectivity index (χ0v) is 12.3. The van der Waals surface area contributed by atoms with Crippen LogP contribution < -0.4 is 11.1 Å². The number of amides is 1. The largest absolute Gasteiger partial charge is 0.444 e. The van der Waals surface area contributed by atoms with E-state index in [2.05, 4.69) is 0 Å². The summed E-state index contributed by atoms with van der Waals surface area (Å²) < 4.78 is 81.4. The van der Waals surface area contributed by atoms with Gasteiger partial charge in [-0.25, -0.2) is 4.79 Å². The molecule has 0 aromatic heterocycles. The molecule has 130 valence electrons. The predicted octanol–water partition coefficient (Wildman–Crippen LogP) is 4.65. The molecule has 0 aliphatic carbocycles. The smallest absolute Gasteiger partial charge is 0.417 e. The normalized spacial score (nSPS) is 12.9. The summed E-state index contributed by atoms with van der Waals surface area (Å²) in [5.41, 5.74) is -0.824. The Hall–Kier alpha value is -2.13. The summed E-state index contributed by atoms with van der Waals surface area (Å²) in [6, 6.07) is 0.248. The van der Waals surface area contributed by atoms with Gasteiger partial charge in [0.2, 0.25) is 0 Å². The van der Waals surface area contributed by atoms with Gasteiger partial charge in [0.1, 0.15) is 5.60 Å². The predicted molar refractivity (Wildman–Crippen MR) is 70.7 cm³/mol. The van der Waals surface area contributed by atoms with Crippen molar-refractivity contribution in [3.8, 4) is 0 Å². The maximum atomic E-state index is 12.8. The molecule has 0 spiro atoms. The number of anilines is 2. The highest BCUT2D eigenvalue weighted by molar-refractivity contribution is 5.89. The number of halogens is 6. The van der Waals surface area contributed by atoms with Crippen LogP contribution in [0.4, 0.5) is 42.5 Å². The Bertz CT molecular complexity index is 602. The van der Waals surface area contributed by atoms with Crippen LogP contribution in [0.2, 0.25) is 0 Å². The molecule has 0 saturated heterocycles. The van der Waals surface area contributed by atoms with Gasteiger partial charge in [-0.1, -0.05) is 0 Å². The van der Waals surface area contributed by atoms with Crippen LogP contribution in [0.3, 0.4) is 0 Å². The zero-order chi connectivity index (χ0) is 18.2. The molecule has 1 aromatic carbocycles. The summed E-state index contributed by atoms with van der Waals surface area (Å²) in [4.78, 5) is 11.5. The number of alkyl halides is 6. The average molecular weight is 344 g/mol. The summed E-state index contributed by atoms with van der Waals surface area (Å²) in [7, 11) is 0. The molecule has 1 amide bonds. The van der Waals surface area contributed by atoms with Gasteiger partial charge < -0.3 is 10.5 Å². The third-order valence-corrected chi connectivity index (χ3v) is 2.44. The molecule has 0 fully saturated rings. The lowest BCUT2D eigenvalue weighted by Gasteiger charge is -2.21. The summed E-state index contributed by atoms with van der Waals surface area (Å²) in [5, 5.41) is 1.90. The Morgan fingerprint density at radius 2 is 1.43 bits per heavy atom. The van der Waals surface area contributed by atoms with Crippen LogP contribution in [0.5, 0.6) is 0 Å². The van der Waals surface area contributed by atoms with Crippen molar-refractivity contribution in [1.29, 1.82) is 0 Å². The number of rotatable bonds is 1. The van der Waals surface area contributed by atoms with Crippen molar-refractivity contribution in [2.75, 3.05) is 11.1 Å². The molecular weight excluding hydrogens is 330 g/mol. The van der Waals surface area contributed by atoms with Gasteiger partial charge in [0.15, 0.2) is 0 Å². The average Bonchev–Trinajstić information content (AvgIpc) is 2.25. The van der Waals surface area contributed by atoms with Crippen LogP contribution in [-0.4, -0.2) is 11.7 Å². The fourth-order valence-corrected chi connectivity index (χ4v) is 1.61. The first-order chi connectivity index (χ1) is 10.1. The first kappa shape index (κ1) is 18.9. The lowest BCUT2D eigenvalue weighted by atomic mass is 10.0. The van der Waals surface area contributed by atoms with Gasteiger partial charge in [-0.15, -0.1) is 0 Å². The molecule has 0 atom stereocenters. The van der Waals surface area contributed by atoms with Gasteiger partial charge in [0.05, 0.1) is 22.5 Å². The van der Waals surface area contributed by atoms with E-state index in [1.165, 1.54) is 20.8 Å². The van der Waals surface area contributed by atoms with Crippen molar-refractivity contribution in [1.82, 2.24) is 0 Å². The minimum Gasteiger partial charge on any atom is -0.444 e. The number of carbonyl (C=O) groups is 1. The Labute approximate surface area is 127 Å². The minimum absolute atomic E-state index is 0.121. The molecule has 0 bridgehead atoms. The second-order valence-electron chi connectivity index (χ2n) is 5.61. The van der Waals surface area contributed by atoms with E-state index in [4.69, 9.17) is 10.5 Å². The quantitative estimate of drug-likeness (QED) is 0.576. The highest BCUT2D eigenvalue weighted by atomic mass is 19.4. The number of nitrogens with two attached hydrogens (primary N) is 1. The Balaban J connectivity index is 3.29. The van der Waals surface area contributed by atoms with Crippen molar-refractivity contribution >= 4 is 17.5 Å². The number of hydrogen-bond acceptors (Lipinski definition) is 3. The molecular formula is C13H14F6N2O2. The van der Waals surface area contributed by atoms with Gasteiger partial charge in [-0.05, 0) is 32.9 Å². The van der Waals surface area contributed by atoms with Crippen LogP contribution in [0.25, 0.3) is 0 Å². The van der Waals surface area contributed by atoms with Crippen molar-refractivity contribution < 1.29 is 35.9 Å². The van der Waals surface area contributed by atoms with Crippen LogP contribution in [0, 0.1) is 0 Å². The van der Waals surface area contributed by atoms with Crippen molar-refractivity contribution in [2.24, 2.45) is 0 Å². The third-order valence-electron chi connectivity index (χ3n) is 2.44. The van der Waals surface area contributed by atoms with E-state index in [0.29, 0.717) is 0 Å². The zero-order valence-electron chi connectivity index (χ0n) is 12.3. The molecule has 1 aromatic rings. The first-order valence-electron chi connectivity index (χ1n) is 6.19. The number of benzene rings is 1. The highest BCUT2D eigenvalue weighted by Crippen LogP contribution is 2.43. The molecule has 0 radical (unpaired) electrons. The molecule has 23 heavy (non-hydrogen) atoms. The van der Waals surface area contributed by atoms with Gasteiger partial charge >= 0.3 is 18.4 Å². The standard InChI is InChI=1S/C13H14F6N2O2/c1-11(2,3)23-10(22)21-9-5-7(13(17,18)19)6(4-8(9)20)12(14,15)16/h4-5H,20H2,1-3H3,(H,21,22). The molecule has 10 heteroatoms. The second-order valence-corrected chi connectivity index (χ2v) is 5.61. The lowest BCUT2D eigenvalue weighted by Crippen LogP contribution is -2.28. The highest BCUT2D eigenvalue weighted by Gasteiger charge is 2.43. The fourth-order valence-electron chi connectivity index (χ4n) is 1.61. The summed E-state index contributed by atoms with van der Waals surface area (Å²) in [6.07, 6.45) is -11.7.